The largest absolute Gasteiger partial charge is 0.352 e. The zero-order valence-electron chi connectivity index (χ0n) is 13.3. The minimum Gasteiger partial charge on any atom is -0.352 e. The third-order valence-electron chi connectivity index (χ3n) is 3.71. The molecule has 0 heterocycles. The molecule has 1 amide bonds. The second-order valence-corrected chi connectivity index (χ2v) is 6.94. The van der Waals surface area contributed by atoms with Crippen molar-refractivity contribution in [1.82, 2.24) is 5.32 Å². The van der Waals surface area contributed by atoms with E-state index < -0.39 is 0 Å². The van der Waals surface area contributed by atoms with Gasteiger partial charge in [-0.05, 0) is 30.5 Å². The molecule has 22 heavy (non-hydrogen) atoms. The second-order valence-electron chi connectivity index (χ2n) is 5.76. The number of carbonyl (C=O) groups excluding carboxylic acids is 1. The molecule has 0 saturated heterocycles. The van der Waals surface area contributed by atoms with Crippen molar-refractivity contribution in [3.8, 4) is 0 Å². The molecule has 0 saturated carbocycles. The lowest BCUT2D eigenvalue weighted by atomic mass is 10.1. The number of nitrogens with one attached hydrogen (secondary N) is 1. The first kappa shape index (κ1) is 16.6. The van der Waals surface area contributed by atoms with Gasteiger partial charge in [-0.25, -0.2) is 0 Å². The summed E-state index contributed by atoms with van der Waals surface area (Å²) in [5.41, 5.74) is 1.03. The molecule has 2 nitrogen and oxygen atoms in total. The van der Waals surface area contributed by atoms with Crippen molar-refractivity contribution in [3.05, 3.63) is 66.2 Å². The van der Waals surface area contributed by atoms with Crippen LogP contribution in [0.4, 0.5) is 0 Å². The Balaban J connectivity index is 2.20. The van der Waals surface area contributed by atoms with Crippen LogP contribution in [-0.2, 0) is 4.79 Å². The molecule has 1 N–H and O–H groups in total. The number of hydrogen-bond donors (Lipinski definition) is 1. The lowest BCUT2D eigenvalue weighted by Crippen LogP contribution is -2.38. The fourth-order valence-electron chi connectivity index (χ4n) is 2.00. The van der Waals surface area contributed by atoms with E-state index in [-0.39, 0.29) is 17.2 Å². The van der Waals surface area contributed by atoms with Gasteiger partial charge in [-0.15, -0.1) is 11.8 Å². The monoisotopic (exact) mass is 313 g/mol. The van der Waals surface area contributed by atoms with Crippen molar-refractivity contribution in [2.75, 3.05) is 0 Å². The van der Waals surface area contributed by atoms with Crippen molar-refractivity contribution in [3.63, 3.8) is 0 Å². The van der Waals surface area contributed by atoms with Gasteiger partial charge in [0.25, 0.3) is 0 Å². The zero-order valence-corrected chi connectivity index (χ0v) is 14.1. The quantitative estimate of drug-likeness (QED) is 0.785. The third-order valence-corrected chi connectivity index (χ3v) is 4.97. The van der Waals surface area contributed by atoms with Gasteiger partial charge < -0.3 is 5.32 Å². The summed E-state index contributed by atoms with van der Waals surface area (Å²) in [5.74, 6) is 0.489. The molecule has 0 bridgehead atoms. The highest BCUT2D eigenvalue weighted by molar-refractivity contribution is 8.00. The fraction of sp³-hybridized carbons (Fsp3) is 0.316. The maximum Gasteiger partial charge on any atom is 0.238 e. The van der Waals surface area contributed by atoms with Crippen molar-refractivity contribution < 1.29 is 4.79 Å². The normalized spacial score (nSPS) is 13.6. The summed E-state index contributed by atoms with van der Waals surface area (Å²) in [4.78, 5) is 13.8. The Kier molecular flexibility index (Phi) is 6.08. The van der Waals surface area contributed by atoms with E-state index in [1.165, 1.54) is 0 Å². The van der Waals surface area contributed by atoms with Gasteiger partial charge in [-0.2, -0.15) is 0 Å². The van der Waals surface area contributed by atoms with Crippen LogP contribution in [0.25, 0.3) is 0 Å². The molecular weight excluding hydrogens is 290 g/mol. The summed E-state index contributed by atoms with van der Waals surface area (Å²) >= 11 is 1.59. The second kappa shape index (κ2) is 8.04. The van der Waals surface area contributed by atoms with Gasteiger partial charge in [0.05, 0.1) is 0 Å². The first-order chi connectivity index (χ1) is 10.6. The van der Waals surface area contributed by atoms with Gasteiger partial charge >= 0.3 is 0 Å². The van der Waals surface area contributed by atoms with Gasteiger partial charge in [0.2, 0.25) is 5.91 Å². The molecule has 0 aliphatic rings. The summed E-state index contributed by atoms with van der Waals surface area (Å²) in [7, 11) is 0. The Morgan fingerprint density at radius 3 is 2.00 bits per heavy atom. The van der Waals surface area contributed by atoms with Crippen LogP contribution in [0.2, 0.25) is 0 Å². The van der Waals surface area contributed by atoms with E-state index in [0.717, 1.165) is 10.5 Å². The zero-order chi connectivity index (χ0) is 15.9. The van der Waals surface area contributed by atoms with Crippen molar-refractivity contribution in [1.29, 1.82) is 0 Å². The number of hydrogen-bond acceptors (Lipinski definition) is 2. The molecule has 0 spiro atoms. The van der Waals surface area contributed by atoms with E-state index in [2.05, 4.69) is 26.1 Å². The van der Waals surface area contributed by atoms with Gasteiger partial charge in [0, 0.05) is 10.9 Å². The minimum atomic E-state index is -0.232. The molecule has 2 aromatic carbocycles. The molecule has 0 aromatic heterocycles. The van der Waals surface area contributed by atoms with E-state index in [0.29, 0.717) is 5.92 Å². The van der Waals surface area contributed by atoms with E-state index in [1.807, 2.05) is 60.7 Å². The van der Waals surface area contributed by atoms with Gasteiger partial charge in [-0.3, -0.25) is 4.79 Å². The average molecular weight is 313 g/mol. The van der Waals surface area contributed by atoms with Crippen LogP contribution in [0.5, 0.6) is 0 Å². The molecule has 2 atom stereocenters. The van der Waals surface area contributed by atoms with E-state index in [9.17, 15) is 4.79 Å². The summed E-state index contributed by atoms with van der Waals surface area (Å²) < 4.78 is 0. The highest BCUT2D eigenvalue weighted by atomic mass is 32.2. The predicted octanol–water partition coefficient (Wildman–Crippen LogP) is 4.68. The van der Waals surface area contributed by atoms with Crippen LogP contribution < -0.4 is 5.32 Å². The SMILES string of the molecule is CC(C)C(C)NC(=O)C(Sc1ccccc1)c1ccccc1. The van der Waals surface area contributed by atoms with Crippen LogP contribution in [0.1, 0.15) is 31.6 Å². The third kappa shape index (κ3) is 4.63. The van der Waals surface area contributed by atoms with E-state index in [1.54, 1.807) is 11.8 Å². The molecule has 0 radical (unpaired) electrons. The molecule has 2 unspecified atom stereocenters. The predicted molar refractivity (Wildman–Crippen MR) is 93.9 cm³/mol. The summed E-state index contributed by atoms with van der Waals surface area (Å²) in [6, 6.07) is 20.2. The van der Waals surface area contributed by atoms with E-state index in [4.69, 9.17) is 0 Å². The lowest BCUT2D eigenvalue weighted by Gasteiger charge is -2.22. The summed E-state index contributed by atoms with van der Waals surface area (Å²) in [5, 5.41) is 2.91. The number of rotatable bonds is 6. The lowest BCUT2D eigenvalue weighted by molar-refractivity contribution is -0.121. The van der Waals surface area contributed by atoms with Crippen molar-refractivity contribution in [2.24, 2.45) is 5.92 Å². The molecule has 3 heteroatoms. The van der Waals surface area contributed by atoms with Gasteiger partial charge in [-0.1, -0.05) is 62.4 Å². The molecule has 0 fully saturated rings. The molecular formula is C19H23NOS. The van der Waals surface area contributed by atoms with Crippen LogP contribution in [0, 0.1) is 5.92 Å². The topological polar surface area (TPSA) is 29.1 Å². The molecule has 2 rings (SSSR count). The fourth-order valence-corrected chi connectivity index (χ4v) is 3.06. The highest BCUT2D eigenvalue weighted by Gasteiger charge is 2.23. The number of amides is 1. The molecule has 116 valence electrons. The Bertz CT molecular complexity index is 583. The van der Waals surface area contributed by atoms with Crippen LogP contribution in [-0.4, -0.2) is 11.9 Å². The van der Waals surface area contributed by atoms with E-state index >= 15 is 0 Å². The maximum atomic E-state index is 12.7. The maximum absolute atomic E-state index is 12.7. The van der Waals surface area contributed by atoms with Crippen molar-refractivity contribution >= 4 is 17.7 Å². The smallest absolute Gasteiger partial charge is 0.238 e. The first-order valence-electron chi connectivity index (χ1n) is 7.65. The van der Waals surface area contributed by atoms with Crippen LogP contribution in [0.15, 0.2) is 65.6 Å². The van der Waals surface area contributed by atoms with Crippen molar-refractivity contribution in [2.45, 2.75) is 37.0 Å². The molecule has 2 aromatic rings. The standard InChI is InChI=1S/C19H23NOS/c1-14(2)15(3)20-19(21)18(16-10-6-4-7-11-16)22-17-12-8-5-9-13-17/h4-15,18H,1-3H3,(H,20,21). The Morgan fingerprint density at radius 1 is 0.909 bits per heavy atom. The summed E-state index contributed by atoms with van der Waals surface area (Å²) in [6.45, 7) is 6.29. The van der Waals surface area contributed by atoms with Crippen LogP contribution in [0.3, 0.4) is 0 Å². The first-order valence-corrected chi connectivity index (χ1v) is 8.53. The Hall–Kier alpha value is -1.74. The van der Waals surface area contributed by atoms with Gasteiger partial charge in [0.1, 0.15) is 5.25 Å². The summed E-state index contributed by atoms with van der Waals surface area (Å²) in [6.07, 6.45) is 0. The number of carbonyl (C=O) groups is 1. The average Bonchev–Trinajstić information content (AvgIpc) is 2.54. The number of benzene rings is 2. The highest BCUT2D eigenvalue weighted by Crippen LogP contribution is 2.35. The molecule has 0 aliphatic carbocycles. The minimum absolute atomic E-state index is 0.0706. The Morgan fingerprint density at radius 2 is 1.45 bits per heavy atom. The molecule has 0 aliphatic heterocycles. The number of thioether (sulfide) groups is 1. The van der Waals surface area contributed by atoms with Crippen LogP contribution >= 0.6 is 11.8 Å². The Labute approximate surface area is 137 Å². The van der Waals surface area contributed by atoms with Gasteiger partial charge in [0.15, 0.2) is 0 Å².